The molecule has 0 bridgehead atoms. The van der Waals surface area contributed by atoms with Crippen LogP contribution in [0, 0.1) is 0 Å². The maximum absolute atomic E-state index is 13.0. The normalized spacial score (nSPS) is 17.7. The SMILES string of the molecule is CCc1nn(C2CCCC2)c2nc(-c3cccc(OCCN4CCCC4)c3)[nH]c(=O)c12. The van der Waals surface area contributed by atoms with Crippen molar-refractivity contribution >= 4 is 11.0 Å². The third-order valence-electron chi connectivity index (χ3n) is 6.62. The van der Waals surface area contributed by atoms with E-state index in [1.54, 1.807) is 0 Å². The van der Waals surface area contributed by atoms with Crippen LogP contribution < -0.4 is 10.3 Å². The van der Waals surface area contributed by atoms with E-state index in [0.29, 0.717) is 29.5 Å². The number of aryl methyl sites for hydroxylation is 1. The average molecular weight is 422 g/mol. The molecular weight excluding hydrogens is 390 g/mol. The molecule has 2 aliphatic rings. The number of hydrogen-bond acceptors (Lipinski definition) is 5. The van der Waals surface area contributed by atoms with E-state index in [1.807, 2.05) is 35.9 Å². The second kappa shape index (κ2) is 8.83. The molecule has 2 fully saturated rings. The van der Waals surface area contributed by atoms with Crippen LogP contribution in [0.15, 0.2) is 29.1 Å². The molecule has 1 saturated carbocycles. The fourth-order valence-corrected chi connectivity index (χ4v) is 4.93. The number of H-pyrrole nitrogens is 1. The van der Waals surface area contributed by atoms with E-state index < -0.39 is 0 Å². The van der Waals surface area contributed by atoms with Gasteiger partial charge in [-0.25, -0.2) is 9.67 Å². The molecule has 1 N–H and O–H groups in total. The molecule has 1 aliphatic carbocycles. The first-order chi connectivity index (χ1) is 15.2. The van der Waals surface area contributed by atoms with Crippen LogP contribution in [-0.2, 0) is 6.42 Å². The second-order valence-electron chi connectivity index (χ2n) is 8.72. The van der Waals surface area contributed by atoms with Gasteiger partial charge in [-0.2, -0.15) is 5.10 Å². The number of benzene rings is 1. The van der Waals surface area contributed by atoms with Crippen molar-refractivity contribution in [2.24, 2.45) is 0 Å². The Morgan fingerprint density at radius 2 is 1.97 bits per heavy atom. The lowest BCUT2D eigenvalue weighted by molar-refractivity contribution is 0.238. The molecule has 7 nitrogen and oxygen atoms in total. The van der Waals surface area contributed by atoms with E-state index in [9.17, 15) is 4.79 Å². The number of nitrogens with one attached hydrogen (secondary N) is 1. The molecular formula is C24H31N5O2. The van der Waals surface area contributed by atoms with Crippen molar-refractivity contribution in [1.29, 1.82) is 0 Å². The monoisotopic (exact) mass is 421 g/mol. The van der Waals surface area contributed by atoms with E-state index >= 15 is 0 Å². The summed E-state index contributed by atoms with van der Waals surface area (Å²) < 4.78 is 8.01. The third kappa shape index (κ3) is 4.11. The van der Waals surface area contributed by atoms with Gasteiger partial charge in [0.15, 0.2) is 5.65 Å². The Labute approximate surface area is 182 Å². The molecule has 164 valence electrons. The average Bonchev–Trinajstić information content (AvgIpc) is 3.54. The minimum Gasteiger partial charge on any atom is -0.492 e. The number of rotatable bonds is 7. The molecule has 1 saturated heterocycles. The minimum atomic E-state index is -0.110. The zero-order valence-corrected chi connectivity index (χ0v) is 18.3. The van der Waals surface area contributed by atoms with Crippen LogP contribution >= 0.6 is 0 Å². The Morgan fingerprint density at radius 3 is 2.74 bits per heavy atom. The summed E-state index contributed by atoms with van der Waals surface area (Å²) in [6.45, 7) is 6.00. The maximum Gasteiger partial charge on any atom is 0.262 e. The fraction of sp³-hybridized carbons (Fsp3) is 0.542. The number of nitrogens with zero attached hydrogens (tertiary/aromatic N) is 4. The van der Waals surface area contributed by atoms with Gasteiger partial charge in [0.05, 0.1) is 11.7 Å². The third-order valence-corrected chi connectivity index (χ3v) is 6.62. The van der Waals surface area contributed by atoms with Gasteiger partial charge in [0.25, 0.3) is 5.56 Å². The van der Waals surface area contributed by atoms with E-state index in [0.717, 1.165) is 42.8 Å². The highest BCUT2D eigenvalue weighted by Gasteiger charge is 2.24. The highest BCUT2D eigenvalue weighted by atomic mass is 16.5. The van der Waals surface area contributed by atoms with Gasteiger partial charge in [0.2, 0.25) is 0 Å². The van der Waals surface area contributed by atoms with Gasteiger partial charge in [0.1, 0.15) is 23.6 Å². The second-order valence-corrected chi connectivity index (χ2v) is 8.72. The Kier molecular flexibility index (Phi) is 5.76. The first kappa shape index (κ1) is 20.2. The largest absolute Gasteiger partial charge is 0.492 e. The van der Waals surface area contributed by atoms with Gasteiger partial charge in [-0.15, -0.1) is 0 Å². The summed E-state index contributed by atoms with van der Waals surface area (Å²) in [4.78, 5) is 23.3. The van der Waals surface area contributed by atoms with E-state index in [2.05, 4.69) is 9.88 Å². The van der Waals surface area contributed by atoms with E-state index in [-0.39, 0.29) is 5.56 Å². The number of likely N-dealkylation sites (tertiary alicyclic amines) is 1. The lowest BCUT2D eigenvalue weighted by atomic mass is 10.2. The Hall–Kier alpha value is -2.67. The molecule has 0 radical (unpaired) electrons. The first-order valence-electron chi connectivity index (χ1n) is 11.7. The van der Waals surface area contributed by atoms with Crippen molar-refractivity contribution in [1.82, 2.24) is 24.6 Å². The van der Waals surface area contributed by atoms with E-state index in [4.69, 9.17) is 14.8 Å². The highest BCUT2D eigenvalue weighted by Crippen LogP contribution is 2.32. The minimum absolute atomic E-state index is 0.110. The van der Waals surface area contributed by atoms with Crippen LogP contribution in [0.5, 0.6) is 5.75 Å². The highest BCUT2D eigenvalue weighted by molar-refractivity contribution is 5.79. The number of aromatic amines is 1. The van der Waals surface area contributed by atoms with Crippen molar-refractivity contribution in [3.8, 4) is 17.1 Å². The lowest BCUT2D eigenvalue weighted by Crippen LogP contribution is -2.25. The van der Waals surface area contributed by atoms with Crippen molar-refractivity contribution in [2.75, 3.05) is 26.2 Å². The zero-order valence-electron chi connectivity index (χ0n) is 18.3. The van der Waals surface area contributed by atoms with Gasteiger partial charge in [0, 0.05) is 12.1 Å². The summed E-state index contributed by atoms with van der Waals surface area (Å²) in [5.74, 6) is 1.38. The topological polar surface area (TPSA) is 76.0 Å². The Morgan fingerprint density at radius 1 is 1.16 bits per heavy atom. The quantitative estimate of drug-likeness (QED) is 0.625. The predicted octanol–water partition coefficient (Wildman–Crippen LogP) is 3.94. The molecule has 5 rings (SSSR count). The molecule has 0 amide bonds. The number of hydrogen-bond donors (Lipinski definition) is 1. The van der Waals surface area contributed by atoms with Gasteiger partial charge >= 0.3 is 0 Å². The summed E-state index contributed by atoms with van der Waals surface area (Å²) in [5, 5.41) is 5.42. The number of ether oxygens (including phenoxy) is 1. The zero-order chi connectivity index (χ0) is 21.2. The van der Waals surface area contributed by atoms with Gasteiger partial charge in [-0.05, 0) is 57.3 Å². The van der Waals surface area contributed by atoms with Crippen LogP contribution in [0.4, 0.5) is 0 Å². The lowest BCUT2D eigenvalue weighted by Gasteiger charge is -2.15. The molecule has 1 aromatic carbocycles. The van der Waals surface area contributed by atoms with Crippen molar-refractivity contribution in [2.45, 2.75) is 57.9 Å². The van der Waals surface area contributed by atoms with Crippen LogP contribution in [0.2, 0.25) is 0 Å². The summed E-state index contributed by atoms with van der Waals surface area (Å²) >= 11 is 0. The molecule has 31 heavy (non-hydrogen) atoms. The van der Waals surface area contributed by atoms with Gasteiger partial charge in [-0.3, -0.25) is 9.69 Å². The van der Waals surface area contributed by atoms with Crippen LogP contribution in [0.25, 0.3) is 22.4 Å². The summed E-state index contributed by atoms with van der Waals surface area (Å²) in [6.07, 6.45) is 7.91. The van der Waals surface area contributed by atoms with Gasteiger partial charge in [-0.1, -0.05) is 31.9 Å². The summed E-state index contributed by atoms with van der Waals surface area (Å²) in [7, 11) is 0. The fourth-order valence-electron chi connectivity index (χ4n) is 4.93. The molecule has 3 heterocycles. The van der Waals surface area contributed by atoms with Crippen LogP contribution in [-0.4, -0.2) is 50.9 Å². The van der Waals surface area contributed by atoms with Crippen LogP contribution in [0.1, 0.15) is 57.2 Å². The van der Waals surface area contributed by atoms with Crippen molar-refractivity contribution < 1.29 is 4.74 Å². The van der Waals surface area contributed by atoms with Crippen LogP contribution in [0.3, 0.4) is 0 Å². The van der Waals surface area contributed by atoms with E-state index in [1.165, 1.54) is 38.8 Å². The summed E-state index contributed by atoms with van der Waals surface area (Å²) in [6, 6.07) is 8.18. The van der Waals surface area contributed by atoms with Crippen molar-refractivity contribution in [3.63, 3.8) is 0 Å². The molecule has 7 heteroatoms. The standard InChI is InChI=1S/C24H31N5O2/c1-2-20-21-23(29(27-20)18-9-3-4-10-18)25-22(26-24(21)30)17-8-7-11-19(16-17)31-15-14-28-12-5-6-13-28/h7-8,11,16,18H,2-6,9-10,12-15H2,1H3,(H,25,26,30). The maximum atomic E-state index is 13.0. The molecule has 0 unspecified atom stereocenters. The smallest absolute Gasteiger partial charge is 0.262 e. The van der Waals surface area contributed by atoms with Crippen molar-refractivity contribution in [3.05, 3.63) is 40.3 Å². The number of aromatic nitrogens is 4. The Balaban J connectivity index is 1.44. The molecule has 1 aliphatic heterocycles. The Bertz CT molecular complexity index is 1110. The molecule has 0 spiro atoms. The number of fused-ring (bicyclic) bond motifs is 1. The molecule has 3 aromatic rings. The molecule has 2 aromatic heterocycles. The molecule has 0 atom stereocenters. The van der Waals surface area contributed by atoms with Gasteiger partial charge < -0.3 is 9.72 Å². The predicted molar refractivity (Wildman–Crippen MR) is 122 cm³/mol. The first-order valence-corrected chi connectivity index (χ1v) is 11.7. The summed E-state index contributed by atoms with van der Waals surface area (Å²) in [5.41, 5.74) is 2.29.